The third-order valence-corrected chi connectivity index (χ3v) is 15.4. The maximum absolute atomic E-state index is 6.71. The molecule has 2 unspecified atom stereocenters. The Morgan fingerprint density at radius 3 is 1.92 bits per heavy atom. The average molecular weight is 857 g/mol. The molecule has 0 bridgehead atoms. The molecule has 4 aromatic heterocycles. The number of nitrogens with zero attached hydrogens (tertiary/aromatic N) is 2. The van der Waals surface area contributed by atoms with Gasteiger partial charge in [-0.15, -0.1) is 22.7 Å². The van der Waals surface area contributed by atoms with Gasteiger partial charge in [0.1, 0.15) is 29.3 Å². The highest BCUT2D eigenvalue weighted by Crippen LogP contribution is 2.43. The van der Waals surface area contributed by atoms with E-state index in [0.29, 0.717) is 0 Å². The van der Waals surface area contributed by atoms with E-state index in [2.05, 4.69) is 209 Å². The number of hydrogen-bond acceptors (Lipinski definition) is 6. The minimum Gasteiger partial charge on any atom is -0.456 e. The number of fused-ring (bicyclic) bond motifs is 12. The van der Waals surface area contributed by atoms with E-state index in [1.54, 1.807) is 0 Å². The molecule has 9 aromatic carbocycles. The van der Waals surface area contributed by atoms with Gasteiger partial charge in [0.2, 0.25) is 0 Å². The van der Waals surface area contributed by atoms with E-state index in [0.717, 1.165) is 55.7 Å². The first-order valence-corrected chi connectivity index (χ1v) is 23.3. The van der Waals surface area contributed by atoms with Crippen LogP contribution in [0, 0.1) is 0 Å². The smallest absolute Gasteiger partial charge is 0.137 e. The van der Waals surface area contributed by atoms with E-state index >= 15 is 0 Å². The predicted molar refractivity (Wildman–Crippen MR) is 270 cm³/mol. The molecule has 0 saturated carbocycles. The molecular weight excluding hydrogens is 821 g/mol. The summed E-state index contributed by atoms with van der Waals surface area (Å²) in [6, 6.07) is 70.1. The topological polar surface area (TPSA) is 54.5 Å². The highest BCUT2D eigenvalue weighted by molar-refractivity contribution is 7.26. The van der Waals surface area contributed by atoms with E-state index in [1.165, 1.54) is 67.7 Å². The van der Waals surface area contributed by atoms with Crippen LogP contribution in [0.2, 0.25) is 0 Å². The van der Waals surface area contributed by atoms with Crippen LogP contribution in [0.4, 0.5) is 0 Å². The molecule has 1 aliphatic heterocycles. The lowest BCUT2D eigenvalue weighted by Crippen LogP contribution is -2.45. The Bertz CT molecular complexity index is 4010. The van der Waals surface area contributed by atoms with Crippen molar-refractivity contribution < 1.29 is 4.42 Å². The molecule has 0 radical (unpaired) electrons. The van der Waals surface area contributed by atoms with E-state index in [4.69, 9.17) is 9.41 Å². The van der Waals surface area contributed by atoms with Crippen molar-refractivity contribution in [1.82, 2.24) is 15.2 Å². The lowest BCUT2D eigenvalue weighted by molar-refractivity contribution is 0.411. The standard InChI is InChI=1S/C57H36N4OS2/c1-2-11-33(12-3-1)55-58-56(36-22-26-43-42-15-6-9-19-50(42)64-53(43)31-36)60-57(59-55)44-16-10-20-52-54(44)45-29-34(23-28-51(45)63-52)35-21-25-40-41-27-24-37(32-49(41)62-48(40)30-35)61-46-17-7-4-13-38(46)39-14-5-8-18-47(39)61/h1-32,55,57,59H,(H,58,60). The fourth-order valence-electron chi connectivity index (χ4n) is 10.1. The van der Waals surface area contributed by atoms with Gasteiger partial charge < -0.3 is 14.3 Å². The lowest BCUT2D eigenvalue weighted by Gasteiger charge is -2.32. The van der Waals surface area contributed by atoms with E-state index in [9.17, 15) is 0 Å². The van der Waals surface area contributed by atoms with Crippen LogP contribution in [0.1, 0.15) is 29.0 Å². The van der Waals surface area contributed by atoms with Gasteiger partial charge in [0.15, 0.2) is 0 Å². The van der Waals surface area contributed by atoms with Crippen molar-refractivity contribution in [3.05, 3.63) is 211 Å². The molecule has 5 heterocycles. The van der Waals surface area contributed by atoms with Gasteiger partial charge in [-0.25, -0.2) is 4.99 Å². The molecule has 1 aliphatic rings. The predicted octanol–water partition coefficient (Wildman–Crippen LogP) is 15.4. The number of para-hydroxylation sites is 2. The lowest BCUT2D eigenvalue weighted by atomic mass is 9.98. The number of rotatable bonds is 5. The molecule has 302 valence electrons. The number of furan rings is 1. The molecule has 14 rings (SSSR count). The number of aromatic nitrogens is 1. The summed E-state index contributed by atoms with van der Waals surface area (Å²) in [7, 11) is 0. The summed E-state index contributed by atoms with van der Waals surface area (Å²) >= 11 is 3.68. The van der Waals surface area contributed by atoms with Crippen LogP contribution in [0.5, 0.6) is 0 Å². The van der Waals surface area contributed by atoms with Crippen molar-refractivity contribution in [2.24, 2.45) is 4.99 Å². The Balaban J connectivity index is 0.854. The fourth-order valence-corrected chi connectivity index (χ4v) is 12.4. The molecule has 2 N–H and O–H groups in total. The van der Waals surface area contributed by atoms with Gasteiger partial charge in [0.05, 0.1) is 11.0 Å². The summed E-state index contributed by atoms with van der Waals surface area (Å²) < 4.78 is 14.1. The second-order valence-corrected chi connectivity index (χ2v) is 18.9. The molecule has 0 spiro atoms. The van der Waals surface area contributed by atoms with Gasteiger partial charge in [-0.2, -0.15) is 0 Å². The van der Waals surface area contributed by atoms with Crippen LogP contribution in [0.3, 0.4) is 0 Å². The summed E-state index contributed by atoms with van der Waals surface area (Å²) in [4.78, 5) is 5.32. The number of benzene rings is 9. The highest BCUT2D eigenvalue weighted by Gasteiger charge is 2.28. The monoisotopic (exact) mass is 856 g/mol. The largest absolute Gasteiger partial charge is 0.456 e. The normalized spacial score (nSPS) is 15.7. The van der Waals surface area contributed by atoms with Crippen LogP contribution in [0.25, 0.3) is 101 Å². The fraction of sp³-hybridized carbons (Fsp3) is 0.0351. The van der Waals surface area contributed by atoms with Crippen molar-refractivity contribution in [2.45, 2.75) is 12.3 Å². The van der Waals surface area contributed by atoms with Crippen molar-refractivity contribution in [2.75, 3.05) is 0 Å². The zero-order valence-corrected chi connectivity index (χ0v) is 35.9. The second kappa shape index (κ2) is 14.0. The first kappa shape index (κ1) is 36.0. The molecule has 0 amide bonds. The third kappa shape index (κ3) is 5.55. The minimum atomic E-state index is -0.232. The first-order valence-electron chi connectivity index (χ1n) is 21.7. The van der Waals surface area contributed by atoms with Gasteiger partial charge in [-0.05, 0) is 89.0 Å². The van der Waals surface area contributed by atoms with E-state index in [1.807, 2.05) is 22.7 Å². The summed E-state index contributed by atoms with van der Waals surface area (Å²) in [5.74, 6) is 0.885. The zero-order valence-electron chi connectivity index (χ0n) is 34.2. The van der Waals surface area contributed by atoms with Gasteiger partial charge in [-0.1, -0.05) is 121 Å². The molecule has 64 heavy (non-hydrogen) atoms. The maximum atomic E-state index is 6.71. The number of nitrogens with one attached hydrogen (secondary N) is 2. The van der Waals surface area contributed by atoms with Crippen LogP contribution >= 0.6 is 22.7 Å². The van der Waals surface area contributed by atoms with Crippen LogP contribution < -0.4 is 10.6 Å². The van der Waals surface area contributed by atoms with Crippen LogP contribution in [-0.4, -0.2) is 10.4 Å². The number of amidine groups is 1. The first-order chi connectivity index (χ1) is 31.7. The minimum absolute atomic E-state index is 0.194. The number of thiophene rings is 2. The highest BCUT2D eigenvalue weighted by atomic mass is 32.1. The number of aliphatic imine (C=N–C) groups is 1. The second-order valence-electron chi connectivity index (χ2n) is 16.7. The quantitative estimate of drug-likeness (QED) is 0.181. The van der Waals surface area contributed by atoms with Crippen molar-refractivity contribution in [3.8, 4) is 16.8 Å². The summed E-state index contributed by atoms with van der Waals surface area (Å²) in [6.07, 6.45) is -0.426. The Morgan fingerprint density at radius 1 is 0.453 bits per heavy atom. The average Bonchev–Trinajstić information content (AvgIpc) is 4.12. The molecule has 7 heteroatoms. The van der Waals surface area contributed by atoms with Crippen LogP contribution in [0.15, 0.2) is 204 Å². The van der Waals surface area contributed by atoms with Crippen molar-refractivity contribution in [1.29, 1.82) is 0 Å². The third-order valence-electron chi connectivity index (χ3n) is 13.1. The molecule has 2 atom stereocenters. The molecule has 5 nitrogen and oxygen atoms in total. The Labute approximate surface area is 375 Å². The van der Waals surface area contributed by atoms with Crippen molar-refractivity contribution >= 4 is 113 Å². The Morgan fingerprint density at radius 2 is 1.08 bits per heavy atom. The molecule has 13 aromatic rings. The van der Waals surface area contributed by atoms with E-state index < -0.39 is 0 Å². The maximum Gasteiger partial charge on any atom is 0.137 e. The van der Waals surface area contributed by atoms with E-state index in [-0.39, 0.29) is 12.3 Å². The SMILES string of the molecule is c1ccc(C2N=C(c3ccc4c(c3)sc3ccccc34)NC(c3cccc4sc5ccc(-c6ccc7c(c6)oc6cc(-n8c9ccccc9c9ccccc98)ccc67)cc5c34)N2)cc1. The van der Waals surface area contributed by atoms with Gasteiger partial charge in [-0.3, -0.25) is 5.32 Å². The Kier molecular flexibility index (Phi) is 7.86. The molecule has 0 aliphatic carbocycles. The van der Waals surface area contributed by atoms with Crippen LogP contribution in [-0.2, 0) is 0 Å². The summed E-state index contributed by atoms with van der Waals surface area (Å²) in [5.41, 5.74) is 10.9. The van der Waals surface area contributed by atoms with Gasteiger partial charge >= 0.3 is 0 Å². The number of hydrogen-bond donors (Lipinski definition) is 2. The van der Waals surface area contributed by atoms with Gasteiger partial charge in [0.25, 0.3) is 0 Å². The van der Waals surface area contributed by atoms with Gasteiger partial charge in [0, 0.05) is 79.2 Å². The molecule has 0 saturated heterocycles. The zero-order chi connectivity index (χ0) is 41.9. The Hall–Kier alpha value is -7.55. The molecule has 0 fully saturated rings. The molecular formula is C57H36N4OS2. The summed E-state index contributed by atoms with van der Waals surface area (Å²) in [6.45, 7) is 0. The summed E-state index contributed by atoms with van der Waals surface area (Å²) in [5, 5.41) is 17.6. The van der Waals surface area contributed by atoms with Crippen molar-refractivity contribution in [3.63, 3.8) is 0 Å².